The number of carboxylic acids is 1. The average molecular weight is 230 g/mol. The molecule has 0 aromatic carbocycles. The quantitative estimate of drug-likeness (QED) is 0.854. The first-order chi connectivity index (χ1) is 7.50. The Bertz CT molecular complexity index is 405. The maximum absolute atomic E-state index is 12.1. The van der Waals surface area contributed by atoms with E-state index in [9.17, 15) is 13.6 Å². The third-order valence-electron chi connectivity index (χ3n) is 3.03. The summed E-state index contributed by atoms with van der Waals surface area (Å²) < 4.78 is 25.3. The van der Waals surface area contributed by atoms with Crippen molar-refractivity contribution in [3.8, 4) is 0 Å². The molecule has 1 N–H and O–H groups in total. The van der Waals surface area contributed by atoms with Crippen LogP contribution in [0.25, 0.3) is 0 Å². The molecule has 16 heavy (non-hydrogen) atoms. The molecular weight excluding hydrogens is 218 g/mol. The largest absolute Gasteiger partial charge is 0.481 e. The lowest BCUT2D eigenvalue weighted by Gasteiger charge is -1.97. The summed E-state index contributed by atoms with van der Waals surface area (Å²) in [6.07, 6.45) is 0.544. The van der Waals surface area contributed by atoms with Crippen LogP contribution in [-0.4, -0.2) is 27.3 Å². The van der Waals surface area contributed by atoms with E-state index in [2.05, 4.69) is 5.10 Å². The zero-order chi connectivity index (χ0) is 11.9. The monoisotopic (exact) mass is 230 g/mol. The van der Waals surface area contributed by atoms with Gasteiger partial charge in [-0.25, -0.2) is 8.78 Å². The van der Waals surface area contributed by atoms with Crippen LogP contribution in [0.3, 0.4) is 0 Å². The normalized spacial score (nSPS) is 28.4. The molecule has 0 bridgehead atoms. The second kappa shape index (κ2) is 3.84. The number of nitrogens with zero attached hydrogens (tertiary/aromatic N) is 2. The summed E-state index contributed by atoms with van der Waals surface area (Å²) in [4.78, 5) is 10.8. The van der Waals surface area contributed by atoms with E-state index in [0.29, 0.717) is 0 Å². The summed E-state index contributed by atoms with van der Waals surface area (Å²) in [5.74, 6) is -1.26. The van der Waals surface area contributed by atoms with E-state index in [0.717, 1.165) is 10.2 Å². The van der Waals surface area contributed by atoms with Crippen LogP contribution in [0.5, 0.6) is 0 Å². The molecule has 0 radical (unpaired) electrons. The van der Waals surface area contributed by atoms with Gasteiger partial charge in [0.1, 0.15) is 6.54 Å². The summed E-state index contributed by atoms with van der Waals surface area (Å²) in [6, 6.07) is 0. The molecule has 1 unspecified atom stereocenters. The number of hydrogen-bond acceptors (Lipinski definition) is 2. The summed E-state index contributed by atoms with van der Waals surface area (Å²) in [5.41, 5.74) is 0.737. The van der Waals surface area contributed by atoms with Crippen molar-refractivity contribution in [1.82, 2.24) is 9.78 Å². The number of alkyl halides is 2. The van der Waals surface area contributed by atoms with Gasteiger partial charge in [-0.2, -0.15) is 5.10 Å². The van der Waals surface area contributed by atoms with Crippen molar-refractivity contribution in [2.45, 2.75) is 25.8 Å². The van der Waals surface area contributed by atoms with Gasteiger partial charge in [-0.15, -0.1) is 0 Å². The molecule has 0 spiro atoms. The van der Waals surface area contributed by atoms with Crippen molar-refractivity contribution in [3.05, 3.63) is 18.0 Å². The lowest BCUT2D eigenvalue weighted by atomic mass is 10.2. The first-order valence-electron chi connectivity index (χ1n) is 5.04. The maximum atomic E-state index is 12.1. The molecule has 3 atom stereocenters. The molecule has 1 aromatic rings. The van der Waals surface area contributed by atoms with Crippen molar-refractivity contribution in [1.29, 1.82) is 0 Å². The van der Waals surface area contributed by atoms with E-state index in [1.54, 1.807) is 0 Å². The number of aliphatic carboxylic acids is 1. The molecule has 0 aliphatic heterocycles. The Morgan fingerprint density at radius 3 is 2.88 bits per heavy atom. The van der Waals surface area contributed by atoms with Crippen molar-refractivity contribution < 1.29 is 18.7 Å². The number of rotatable bonds is 4. The lowest BCUT2D eigenvalue weighted by Crippen LogP contribution is -2.06. The highest BCUT2D eigenvalue weighted by molar-refractivity contribution is 5.76. The van der Waals surface area contributed by atoms with Gasteiger partial charge in [0.25, 0.3) is 6.43 Å². The van der Waals surface area contributed by atoms with Gasteiger partial charge >= 0.3 is 5.97 Å². The molecule has 1 aliphatic rings. The Kier molecular flexibility index (Phi) is 2.65. The molecule has 0 amide bonds. The van der Waals surface area contributed by atoms with Crippen LogP contribution in [0.1, 0.15) is 18.4 Å². The Labute approximate surface area is 90.9 Å². The molecule has 1 saturated carbocycles. The van der Waals surface area contributed by atoms with Gasteiger partial charge in [-0.05, 0) is 11.5 Å². The van der Waals surface area contributed by atoms with Gasteiger partial charge in [0.2, 0.25) is 0 Å². The zero-order valence-electron chi connectivity index (χ0n) is 8.68. The fourth-order valence-electron chi connectivity index (χ4n) is 2.15. The van der Waals surface area contributed by atoms with Crippen molar-refractivity contribution in [2.75, 3.05) is 0 Å². The minimum atomic E-state index is -2.44. The van der Waals surface area contributed by atoms with Crippen LogP contribution < -0.4 is 0 Å². The van der Waals surface area contributed by atoms with Gasteiger partial charge in [0, 0.05) is 12.1 Å². The second-order valence-electron chi connectivity index (χ2n) is 4.14. The van der Waals surface area contributed by atoms with Crippen molar-refractivity contribution in [3.63, 3.8) is 0 Å². The highest BCUT2D eigenvalue weighted by atomic mass is 19.3. The van der Waals surface area contributed by atoms with Crippen LogP contribution in [-0.2, 0) is 11.3 Å². The highest BCUT2D eigenvalue weighted by Gasteiger charge is 2.53. The smallest absolute Gasteiger partial charge is 0.307 e. The van der Waals surface area contributed by atoms with E-state index < -0.39 is 24.9 Å². The third-order valence-corrected chi connectivity index (χ3v) is 3.03. The molecule has 0 saturated heterocycles. The lowest BCUT2D eigenvalue weighted by molar-refractivity contribution is -0.138. The number of aromatic nitrogens is 2. The maximum Gasteiger partial charge on any atom is 0.307 e. The number of hydrogen-bond donors (Lipinski definition) is 1. The fraction of sp³-hybridized carbons (Fsp3) is 0.600. The van der Waals surface area contributed by atoms with Gasteiger partial charge in [0.15, 0.2) is 0 Å². The van der Waals surface area contributed by atoms with Crippen molar-refractivity contribution >= 4 is 5.97 Å². The van der Waals surface area contributed by atoms with Crippen LogP contribution in [0.4, 0.5) is 8.78 Å². The van der Waals surface area contributed by atoms with Crippen LogP contribution in [0, 0.1) is 11.8 Å². The third kappa shape index (κ3) is 1.91. The van der Waals surface area contributed by atoms with Gasteiger partial charge in [-0.1, -0.05) is 6.92 Å². The molecule has 1 heterocycles. The van der Waals surface area contributed by atoms with Gasteiger partial charge in [-0.3, -0.25) is 9.48 Å². The predicted octanol–water partition coefficient (Wildman–Crippen LogP) is 1.58. The number of halogens is 2. The van der Waals surface area contributed by atoms with E-state index >= 15 is 0 Å². The summed E-state index contributed by atoms with van der Waals surface area (Å²) in [7, 11) is 0. The van der Waals surface area contributed by atoms with Gasteiger partial charge in [0.05, 0.1) is 12.1 Å². The summed E-state index contributed by atoms with van der Waals surface area (Å²) in [6.45, 7) is 1.40. The minimum absolute atomic E-state index is 0.0571. The second-order valence-corrected chi connectivity index (χ2v) is 4.14. The first kappa shape index (κ1) is 11.0. The average Bonchev–Trinajstić information content (AvgIpc) is 2.64. The molecule has 6 heteroatoms. The van der Waals surface area contributed by atoms with Crippen molar-refractivity contribution in [2.24, 2.45) is 11.8 Å². The van der Waals surface area contributed by atoms with E-state index in [-0.39, 0.29) is 11.8 Å². The molecule has 1 aromatic heterocycles. The minimum Gasteiger partial charge on any atom is -0.481 e. The standard InChI is InChI=1S/C10H12F2N2O2/c1-5-8(9(5)10(15)16)6-2-13-14(3-6)4-7(11)12/h2-3,5,7-9H,4H2,1H3,(H,15,16)/t5?,8-,9+/m1/s1. The molecule has 4 nitrogen and oxygen atoms in total. The van der Waals surface area contributed by atoms with Gasteiger partial charge < -0.3 is 5.11 Å². The predicted molar refractivity (Wildman–Crippen MR) is 51.3 cm³/mol. The Hall–Kier alpha value is -1.46. The van der Waals surface area contributed by atoms with Crippen LogP contribution in [0.2, 0.25) is 0 Å². The summed E-state index contributed by atoms with van der Waals surface area (Å²) in [5, 5.41) is 12.6. The highest BCUT2D eigenvalue weighted by Crippen LogP contribution is 2.53. The Balaban J connectivity index is 2.06. The molecular formula is C10H12F2N2O2. The van der Waals surface area contributed by atoms with Crippen LogP contribution in [0.15, 0.2) is 12.4 Å². The topological polar surface area (TPSA) is 55.1 Å². The fourth-order valence-corrected chi connectivity index (χ4v) is 2.15. The zero-order valence-corrected chi connectivity index (χ0v) is 8.68. The van der Waals surface area contributed by atoms with E-state index in [1.165, 1.54) is 12.4 Å². The molecule has 2 rings (SSSR count). The van der Waals surface area contributed by atoms with E-state index in [1.807, 2.05) is 6.92 Å². The molecule has 1 fully saturated rings. The molecule has 1 aliphatic carbocycles. The molecule has 88 valence electrons. The van der Waals surface area contributed by atoms with E-state index in [4.69, 9.17) is 5.11 Å². The summed E-state index contributed by atoms with van der Waals surface area (Å²) >= 11 is 0. The Morgan fingerprint density at radius 2 is 2.38 bits per heavy atom. The Morgan fingerprint density at radius 1 is 1.69 bits per heavy atom. The first-order valence-corrected chi connectivity index (χ1v) is 5.04. The number of carboxylic acid groups (broad SMARTS) is 1. The SMILES string of the molecule is CC1[C@H](C(=O)O)[C@H]1c1cnn(CC(F)F)c1. The number of carbonyl (C=O) groups is 1. The van der Waals surface area contributed by atoms with Crippen LogP contribution >= 0.6 is 0 Å².